The summed E-state index contributed by atoms with van der Waals surface area (Å²) in [7, 11) is 7.28. The molecule has 0 unspecified atom stereocenters. The van der Waals surface area contributed by atoms with Crippen molar-refractivity contribution in [2.75, 3.05) is 61.1 Å². The number of amides is 1. The Morgan fingerprint density at radius 3 is 2.70 bits per heavy atom. The van der Waals surface area contributed by atoms with E-state index in [0.717, 1.165) is 37.4 Å². The summed E-state index contributed by atoms with van der Waals surface area (Å²) in [6.45, 7) is 4.32. The number of rotatable bonds is 11. The van der Waals surface area contributed by atoms with E-state index >= 15 is 0 Å². The van der Waals surface area contributed by atoms with Crippen molar-refractivity contribution in [1.82, 2.24) is 20.1 Å². The van der Waals surface area contributed by atoms with Crippen LogP contribution >= 0.6 is 0 Å². The van der Waals surface area contributed by atoms with E-state index in [1.54, 1.807) is 26.6 Å². The average molecular weight is 457 g/mol. The predicted octanol–water partition coefficient (Wildman–Crippen LogP) is 2.29. The molecule has 1 saturated heterocycles. The number of nitrogens with one attached hydrogen (secondary N) is 1. The van der Waals surface area contributed by atoms with Crippen LogP contribution in [0, 0.1) is 11.8 Å². The van der Waals surface area contributed by atoms with Crippen LogP contribution in [0.4, 0.5) is 0 Å². The molecule has 1 fully saturated rings. The minimum atomic E-state index is -0.0800. The first kappa shape index (κ1) is 24.8. The van der Waals surface area contributed by atoms with E-state index in [1.165, 1.54) is 0 Å². The molecular weight excluding hydrogens is 420 g/mol. The molecule has 1 aliphatic rings. The number of carbonyl (C=O) groups excluding carboxylic acids is 1. The van der Waals surface area contributed by atoms with E-state index in [4.69, 9.17) is 14.2 Å². The number of likely N-dealkylation sites (tertiary alicyclic amines) is 1. The Kier molecular flexibility index (Phi) is 9.33. The van der Waals surface area contributed by atoms with Gasteiger partial charge < -0.3 is 24.4 Å². The van der Waals surface area contributed by atoms with Gasteiger partial charge in [-0.05, 0) is 50.3 Å². The third kappa shape index (κ3) is 7.61. The van der Waals surface area contributed by atoms with Crippen molar-refractivity contribution in [1.29, 1.82) is 0 Å². The molecule has 3 rings (SSSR count). The normalized spacial score (nSPS) is 18.7. The second kappa shape index (κ2) is 12.4. The van der Waals surface area contributed by atoms with Crippen LogP contribution in [0.5, 0.6) is 17.2 Å². The molecule has 1 amide bonds. The number of likely N-dealkylation sites (N-methyl/N-ethyl adjacent to an activating group) is 1. The summed E-state index contributed by atoms with van der Waals surface area (Å²) in [6.07, 6.45) is 4.25. The largest absolute Gasteiger partial charge is 0.493 e. The highest BCUT2D eigenvalue weighted by Crippen LogP contribution is 2.30. The summed E-state index contributed by atoms with van der Waals surface area (Å²) in [6, 6.07) is 9.74. The van der Waals surface area contributed by atoms with E-state index in [9.17, 15) is 4.79 Å². The minimum Gasteiger partial charge on any atom is -0.493 e. The average Bonchev–Trinajstić information content (AvgIpc) is 2.83. The van der Waals surface area contributed by atoms with Gasteiger partial charge in [-0.15, -0.1) is 0 Å². The number of piperidine rings is 1. The first-order valence-electron chi connectivity index (χ1n) is 11.4. The fourth-order valence-corrected chi connectivity index (χ4v) is 4.17. The lowest BCUT2D eigenvalue weighted by Gasteiger charge is -2.37. The zero-order chi connectivity index (χ0) is 23.6. The zero-order valence-electron chi connectivity index (χ0n) is 20.1. The van der Waals surface area contributed by atoms with Gasteiger partial charge in [0.2, 0.25) is 5.91 Å². The fraction of sp³-hybridized carbons (Fsp3) is 0.520. The first-order valence-corrected chi connectivity index (χ1v) is 11.4. The minimum absolute atomic E-state index is 0.0800. The highest BCUT2D eigenvalue weighted by Gasteiger charge is 2.32. The van der Waals surface area contributed by atoms with Gasteiger partial charge in [-0.3, -0.25) is 14.7 Å². The second-order valence-electron chi connectivity index (χ2n) is 8.78. The number of pyridine rings is 1. The number of methoxy groups -OCH3 is 2. The molecular formula is C25H36N4O4. The third-order valence-electron chi connectivity index (χ3n) is 5.82. The molecule has 0 saturated carbocycles. The number of hydrogen-bond acceptors (Lipinski definition) is 7. The van der Waals surface area contributed by atoms with Crippen molar-refractivity contribution in [3.05, 3.63) is 48.3 Å². The smallest absolute Gasteiger partial charge is 0.224 e. The van der Waals surface area contributed by atoms with Gasteiger partial charge in [0.05, 0.1) is 32.9 Å². The Morgan fingerprint density at radius 2 is 2.00 bits per heavy atom. The molecule has 8 nitrogen and oxygen atoms in total. The Labute approximate surface area is 196 Å². The third-order valence-corrected chi connectivity index (χ3v) is 5.82. The van der Waals surface area contributed by atoms with Crippen LogP contribution in [0.2, 0.25) is 0 Å². The SMILES string of the molecule is COc1ccc(CN2C[C@@H](COc3cccnc3)C[C@@H](C(=O)NCCN(C)C)C2)cc1OC. The molecule has 33 heavy (non-hydrogen) atoms. The van der Waals surface area contributed by atoms with Crippen LogP contribution in [-0.2, 0) is 11.3 Å². The molecule has 2 atom stereocenters. The number of aromatic nitrogens is 1. The quantitative estimate of drug-likeness (QED) is 0.556. The molecule has 2 heterocycles. The van der Waals surface area contributed by atoms with Gasteiger partial charge in [0.15, 0.2) is 11.5 Å². The molecule has 2 aromatic rings. The van der Waals surface area contributed by atoms with Crippen LogP contribution in [-0.4, -0.2) is 81.8 Å². The van der Waals surface area contributed by atoms with Gasteiger partial charge in [-0.1, -0.05) is 6.07 Å². The van der Waals surface area contributed by atoms with Gasteiger partial charge in [-0.2, -0.15) is 0 Å². The van der Waals surface area contributed by atoms with Crippen molar-refractivity contribution in [2.24, 2.45) is 11.8 Å². The van der Waals surface area contributed by atoms with Crippen molar-refractivity contribution in [3.8, 4) is 17.2 Å². The first-order chi connectivity index (χ1) is 16.0. The van der Waals surface area contributed by atoms with Crippen LogP contribution in [0.1, 0.15) is 12.0 Å². The molecule has 1 aromatic carbocycles. The zero-order valence-corrected chi connectivity index (χ0v) is 20.1. The lowest BCUT2D eigenvalue weighted by Crippen LogP contribution is -2.48. The second-order valence-corrected chi connectivity index (χ2v) is 8.78. The predicted molar refractivity (Wildman–Crippen MR) is 128 cm³/mol. The lowest BCUT2D eigenvalue weighted by atomic mass is 9.88. The molecule has 0 spiro atoms. The highest BCUT2D eigenvalue weighted by atomic mass is 16.5. The number of benzene rings is 1. The van der Waals surface area contributed by atoms with E-state index in [2.05, 4.69) is 20.1 Å². The number of nitrogens with zero attached hydrogens (tertiary/aromatic N) is 3. The van der Waals surface area contributed by atoms with Crippen molar-refractivity contribution in [2.45, 2.75) is 13.0 Å². The highest BCUT2D eigenvalue weighted by molar-refractivity contribution is 5.79. The van der Waals surface area contributed by atoms with Crippen LogP contribution < -0.4 is 19.5 Å². The van der Waals surface area contributed by atoms with Gasteiger partial charge in [0.25, 0.3) is 0 Å². The van der Waals surface area contributed by atoms with E-state index in [0.29, 0.717) is 31.2 Å². The molecule has 0 bridgehead atoms. The molecule has 8 heteroatoms. The summed E-state index contributed by atoms with van der Waals surface area (Å²) >= 11 is 0. The molecule has 1 aromatic heterocycles. The number of hydrogen-bond donors (Lipinski definition) is 1. The van der Waals surface area contributed by atoms with Crippen molar-refractivity contribution < 1.29 is 19.0 Å². The topological polar surface area (TPSA) is 76.2 Å². The summed E-state index contributed by atoms with van der Waals surface area (Å²) in [5.74, 6) is 2.44. The Hall–Kier alpha value is -2.84. The van der Waals surface area contributed by atoms with E-state index < -0.39 is 0 Å². The van der Waals surface area contributed by atoms with E-state index in [-0.39, 0.29) is 17.7 Å². The maximum Gasteiger partial charge on any atom is 0.224 e. The van der Waals surface area contributed by atoms with Crippen LogP contribution in [0.15, 0.2) is 42.7 Å². The summed E-state index contributed by atoms with van der Waals surface area (Å²) in [4.78, 5) is 21.4. The maximum atomic E-state index is 12.9. The molecule has 1 aliphatic heterocycles. The Bertz CT molecular complexity index is 878. The molecule has 0 aliphatic carbocycles. The van der Waals surface area contributed by atoms with Crippen LogP contribution in [0.3, 0.4) is 0 Å². The standard InChI is InChI=1S/C25H36N4O4/c1-28(2)11-10-27-25(30)21-12-20(18-33-22-6-5-9-26-14-22)16-29(17-21)15-19-7-8-23(31-3)24(13-19)32-4/h5-9,13-14,20-21H,10-12,15-18H2,1-4H3,(H,27,30)/t20-,21+/m0/s1. The lowest BCUT2D eigenvalue weighted by molar-refractivity contribution is -0.127. The Morgan fingerprint density at radius 1 is 1.18 bits per heavy atom. The number of ether oxygens (including phenoxy) is 3. The van der Waals surface area contributed by atoms with Crippen LogP contribution in [0.25, 0.3) is 0 Å². The van der Waals surface area contributed by atoms with Gasteiger partial charge >= 0.3 is 0 Å². The molecule has 0 radical (unpaired) electrons. The van der Waals surface area contributed by atoms with Gasteiger partial charge in [0, 0.05) is 44.8 Å². The monoisotopic (exact) mass is 456 g/mol. The summed E-state index contributed by atoms with van der Waals surface area (Å²) in [5.41, 5.74) is 1.12. The maximum absolute atomic E-state index is 12.9. The molecule has 1 N–H and O–H groups in total. The van der Waals surface area contributed by atoms with E-state index in [1.807, 2.05) is 44.4 Å². The fourth-order valence-electron chi connectivity index (χ4n) is 4.17. The van der Waals surface area contributed by atoms with Gasteiger partial charge in [0.1, 0.15) is 5.75 Å². The number of carbonyl (C=O) groups is 1. The van der Waals surface area contributed by atoms with Crippen molar-refractivity contribution in [3.63, 3.8) is 0 Å². The summed E-state index contributed by atoms with van der Waals surface area (Å²) < 4.78 is 16.8. The van der Waals surface area contributed by atoms with Gasteiger partial charge in [-0.25, -0.2) is 0 Å². The summed E-state index contributed by atoms with van der Waals surface area (Å²) in [5, 5.41) is 3.10. The van der Waals surface area contributed by atoms with Crippen molar-refractivity contribution >= 4 is 5.91 Å². The molecule has 180 valence electrons. The Balaban J connectivity index is 1.67.